The summed E-state index contributed by atoms with van der Waals surface area (Å²) in [6.45, 7) is 8.71. The van der Waals surface area contributed by atoms with Crippen molar-refractivity contribution in [3.8, 4) is 0 Å². The van der Waals surface area contributed by atoms with Gasteiger partial charge < -0.3 is 5.11 Å². The number of rotatable bonds is 4. The lowest BCUT2D eigenvalue weighted by Crippen LogP contribution is -2.43. The van der Waals surface area contributed by atoms with Gasteiger partial charge in [0, 0.05) is 24.5 Å². The second kappa shape index (κ2) is 5.27. The van der Waals surface area contributed by atoms with E-state index in [1.807, 2.05) is 38.7 Å². The molecule has 4 heteroatoms. The van der Waals surface area contributed by atoms with Crippen LogP contribution in [0.1, 0.15) is 31.9 Å². The van der Waals surface area contributed by atoms with E-state index in [0.29, 0.717) is 6.54 Å². The van der Waals surface area contributed by atoms with Crippen molar-refractivity contribution in [3.63, 3.8) is 0 Å². The number of hydrogen-bond donors (Lipinski definition) is 1. The normalized spacial score (nSPS) is 11.8. The Hall–Kier alpha value is -1.42. The van der Waals surface area contributed by atoms with Gasteiger partial charge in [-0.25, -0.2) is 0 Å². The molecule has 0 aliphatic carbocycles. The molecular formula is C13H20N2O2. The van der Waals surface area contributed by atoms with Crippen molar-refractivity contribution in [2.24, 2.45) is 0 Å². The van der Waals surface area contributed by atoms with Crippen molar-refractivity contribution < 1.29 is 9.90 Å². The third kappa shape index (κ3) is 4.15. The molecule has 94 valence electrons. The van der Waals surface area contributed by atoms with Gasteiger partial charge in [-0.15, -0.1) is 0 Å². The van der Waals surface area contributed by atoms with Crippen LogP contribution in [0.15, 0.2) is 18.5 Å². The molecule has 0 aliphatic heterocycles. The highest BCUT2D eigenvalue weighted by Gasteiger charge is 2.24. The minimum absolute atomic E-state index is 0.0395. The van der Waals surface area contributed by atoms with Crippen LogP contribution >= 0.6 is 0 Å². The zero-order valence-corrected chi connectivity index (χ0v) is 10.9. The number of hydrogen-bond acceptors (Lipinski definition) is 3. The number of pyridine rings is 1. The molecule has 1 aromatic rings. The number of aliphatic carboxylic acids is 1. The molecule has 0 bridgehead atoms. The molecule has 1 N–H and O–H groups in total. The van der Waals surface area contributed by atoms with Crippen LogP contribution < -0.4 is 0 Å². The van der Waals surface area contributed by atoms with Crippen LogP contribution in [-0.4, -0.2) is 33.0 Å². The van der Waals surface area contributed by atoms with E-state index in [1.165, 1.54) is 0 Å². The molecule has 0 aromatic carbocycles. The lowest BCUT2D eigenvalue weighted by molar-refractivity contribution is -0.139. The van der Waals surface area contributed by atoms with E-state index < -0.39 is 5.97 Å². The highest BCUT2D eigenvalue weighted by atomic mass is 16.4. The van der Waals surface area contributed by atoms with Crippen molar-refractivity contribution in [2.45, 2.75) is 39.8 Å². The second-order valence-electron chi connectivity index (χ2n) is 5.22. The first-order chi connectivity index (χ1) is 7.80. The molecule has 0 radical (unpaired) electrons. The molecule has 0 fully saturated rings. The van der Waals surface area contributed by atoms with Gasteiger partial charge >= 0.3 is 5.97 Å². The number of aromatic nitrogens is 1. The SMILES string of the molecule is Cc1ccncc1CN(CC(=O)O)C(C)(C)C. The molecule has 1 heterocycles. The van der Waals surface area contributed by atoms with Gasteiger partial charge in [0.2, 0.25) is 0 Å². The average Bonchev–Trinajstić information content (AvgIpc) is 2.18. The molecule has 1 rings (SSSR count). The molecule has 17 heavy (non-hydrogen) atoms. The summed E-state index contributed by atoms with van der Waals surface area (Å²) in [4.78, 5) is 16.9. The zero-order valence-electron chi connectivity index (χ0n) is 10.9. The number of nitrogens with zero attached hydrogens (tertiary/aromatic N) is 2. The van der Waals surface area contributed by atoms with E-state index in [9.17, 15) is 4.79 Å². The lowest BCUT2D eigenvalue weighted by Gasteiger charge is -2.34. The summed E-state index contributed by atoms with van der Waals surface area (Å²) in [5.74, 6) is -0.804. The maximum atomic E-state index is 10.9. The number of carboxylic acid groups (broad SMARTS) is 1. The molecule has 0 saturated carbocycles. The summed E-state index contributed by atoms with van der Waals surface area (Å²) >= 11 is 0. The van der Waals surface area contributed by atoms with Crippen molar-refractivity contribution in [3.05, 3.63) is 29.6 Å². The van der Waals surface area contributed by atoms with Gasteiger partial charge in [0.15, 0.2) is 0 Å². The third-order valence-electron chi connectivity index (χ3n) is 2.78. The maximum Gasteiger partial charge on any atom is 0.317 e. The van der Waals surface area contributed by atoms with Crippen molar-refractivity contribution in [2.75, 3.05) is 6.54 Å². The predicted molar refractivity (Wildman–Crippen MR) is 66.8 cm³/mol. The molecule has 0 spiro atoms. The van der Waals surface area contributed by atoms with Crippen LogP contribution in [-0.2, 0) is 11.3 Å². The smallest absolute Gasteiger partial charge is 0.317 e. The first-order valence-electron chi connectivity index (χ1n) is 5.67. The Labute approximate surface area is 102 Å². The minimum Gasteiger partial charge on any atom is -0.480 e. The van der Waals surface area contributed by atoms with Crippen LogP contribution in [0.25, 0.3) is 0 Å². The number of carboxylic acids is 1. The first-order valence-corrected chi connectivity index (χ1v) is 5.67. The van der Waals surface area contributed by atoms with Crippen LogP contribution in [0.5, 0.6) is 0 Å². The molecule has 1 aromatic heterocycles. The maximum absolute atomic E-state index is 10.9. The van der Waals surface area contributed by atoms with Crippen molar-refractivity contribution in [1.82, 2.24) is 9.88 Å². The fourth-order valence-electron chi connectivity index (χ4n) is 1.56. The van der Waals surface area contributed by atoms with Crippen LogP contribution in [0.4, 0.5) is 0 Å². The molecule has 0 unspecified atom stereocenters. The average molecular weight is 236 g/mol. The van der Waals surface area contributed by atoms with E-state index >= 15 is 0 Å². The minimum atomic E-state index is -0.804. The summed E-state index contributed by atoms with van der Waals surface area (Å²) in [6.07, 6.45) is 3.55. The van der Waals surface area contributed by atoms with Crippen molar-refractivity contribution in [1.29, 1.82) is 0 Å². The third-order valence-corrected chi connectivity index (χ3v) is 2.78. The highest BCUT2D eigenvalue weighted by Crippen LogP contribution is 2.18. The largest absolute Gasteiger partial charge is 0.480 e. The Morgan fingerprint density at radius 3 is 2.59 bits per heavy atom. The highest BCUT2D eigenvalue weighted by molar-refractivity contribution is 5.69. The molecule has 0 amide bonds. The van der Waals surface area contributed by atoms with E-state index in [-0.39, 0.29) is 12.1 Å². The Kier molecular flexibility index (Phi) is 4.23. The van der Waals surface area contributed by atoms with Crippen LogP contribution in [0, 0.1) is 6.92 Å². The second-order valence-corrected chi connectivity index (χ2v) is 5.22. The first kappa shape index (κ1) is 13.6. The predicted octanol–water partition coefficient (Wildman–Crippen LogP) is 2.08. The van der Waals surface area contributed by atoms with Crippen LogP contribution in [0.3, 0.4) is 0 Å². The Balaban J connectivity index is 2.87. The topological polar surface area (TPSA) is 53.4 Å². The molecule has 4 nitrogen and oxygen atoms in total. The Bertz CT molecular complexity index is 397. The molecule has 0 atom stereocenters. The summed E-state index contributed by atoms with van der Waals surface area (Å²) in [5, 5.41) is 8.94. The fourth-order valence-corrected chi connectivity index (χ4v) is 1.56. The van der Waals surface area contributed by atoms with Gasteiger partial charge in [0.05, 0.1) is 6.54 Å². The monoisotopic (exact) mass is 236 g/mol. The van der Waals surface area contributed by atoms with Gasteiger partial charge in [0.1, 0.15) is 0 Å². The summed E-state index contributed by atoms with van der Waals surface area (Å²) in [6, 6.07) is 1.94. The van der Waals surface area contributed by atoms with E-state index in [1.54, 1.807) is 12.4 Å². The van der Waals surface area contributed by atoms with Gasteiger partial charge in [-0.3, -0.25) is 14.7 Å². The van der Waals surface area contributed by atoms with Crippen LogP contribution in [0.2, 0.25) is 0 Å². The Morgan fingerprint density at radius 2 is 2.12 bits per heavy atom. The quantitative estimate of drug-likeness (QED) is 0.869. The van der Waals surface area contributed by atoms with E-state index in [0.717, 1.165) is 11.1 Å². The zero-order chi connectivity index (χ0) is 13.1. The fraction of sp³-hybridized carbons (Fsp3) is 0.538. The van der Waals surface area contributed by atoms with E-state index in [4.69, 9.17) is 5.11 Å². The van der Waals surface area contributed by atoms with Gasteiger partial charge in [-0.1, -0.05) is 0 Å². The molecule has 0 saturated heterocycles. The summed E-state index contributed by atoms with van der Waals surface area (Å²) < 4.78 is 0. The summed E-state index contributed by atoms with van der Waals surface area (Å²) in [5.41, 5.74) is 2.03. The van der Waals surface area contributed by atoms with Gasteiger partial charge in [-0.2, -0.15) is 0 Å². The van der Waals surface area contributed by atoms with Crippen molar-refractivity contribution >= 4 is 5.97 Å². The molecular weight excluding hydrogens is 216 g/mol. The lowest BCUT2D eigenvalue weighted by atomic mass is 10.0. The number of aryl methyl sites for hydroxylation is 1. The van der Waals surface area contributed by atoms with E-state index in [2.05, 4.69) is 4.98 Å². The Morgan fingerprint density at radius 1 is 1.47 bits per heavy atom. The number of carbonyl (C=O) groups is 1. The molecule has 0 aliphatic rings. The standard InChI is InChI=1S/C13H20N2O2/c1-10-5-6-14-7-11(10)8-15(9-12(16)17)13(2,3)4/h5-7H,8-9H2,1-4H3,(H,16,17). The van der Waals surface area contributed by atoms with Gasteiger partial charge in [-0.05, 0) is 44.9 Å². The summed E-state index contributed by atoms with van der Waals surface area (Å²) in [7, 11) is 0. The van der Waals surface area contributed by atoms with Gasteiger partial charge in [0.25, 0.3) is 0 Å².